The van der Waals surface area contributed by atoms with E-state index in [1.807, 2.05) is 36.4 Å². The van der Waals surface area contributed by atoms with Gasteiger partial charge in [-0.2, -0.15) is 0 Å². The highest BCUT2D eigenvalue weighted by Crippen LogP contribution is 2.44. The summed E-state index contributed by atoms with van der Waals surface area (Å²) in [5, 5.41) is 8.92. The largest absolute Gasteiger partial charge is 0.288 e. The number of fused-ring (bicyclic) bond motifs is 3. The molecule has 0 atom stereocenters. The third-order valence-electron chi connectivity index (χ3n) is 8.77. The van der Waals surface area contributed by atoms with Crippen molar-refractivity contribution in [1.29, 1.82) is 0 Å². The molecule has 5 heteroatoms. The van der Waals surface area contributed by atoms with Crippen LogP contribution in [0.25, 0.3) is 49.2 Å². The molecule has 0 saturated heterocycles. The second-order valence-corrected chi connectivity index (χ2v) is 11.3. The van der Waals surface area contributed by atoms with E-state index in [0.717, 1.165) is 66.0 Å². The number of nitrogens with zero attached hydrogens (tertiary/aromatic N) is 3. The minimum absolute atomic E-state index is 0.210. The van der Waals surface area contributed by atoms with E-state index in [9.17, 15) is 9.59 Å². The number of aromatic nitrogens is 2. The lowest BCUT2D eigenvalue weighted by molar-refractivity contribution is 0.0990. The van der Waals surface area contributed by atoms with Crippen LogP contribution in [-0.4, -0.2) is 21.5 Å². The van der Waals surface area contributed by atoms with Gasteiger partial charge >= 0.3 is 0 Å². The van der Waals surface area contributed by atoms with Crippen LogP contribution in [0.15, 0.2) is 139 Å². The fraction of sp³-hybridized carbons (Fsp3) is 0. The number of anilines is 3. The Morgan fingerprint density at radius 2 is 1.07 bits per heavy atom. The number of benzene rings is 6. The predicted octanol–water partition coefficient (Wildman–Crippen LogP) is 9.46. The highest BCUT2D eigenvalue weighted by atomic mass is 16.2. The van der Waals surface area contributed by atoms with Gasteiger partial charge in [-0.15, -0.1) is 0 Å². The van der Waals surface area contributed by atoms with E-state index >= 15 is 0 Å². The standard InChI is InChI=1S/C40H23N3O2/c44-39-30-11-1-2-12-31(30)40(45)34(39)21-24-19-25-9-7-14-29-33-23-27(22-26-10-8-13-28(38(26)33)32(20-24)37(25)29)43(35-15-3-5-17-41-35)36-16-4-6-18-42-36/h1-23H. The zero-order valence-corrected chi connectivity index (χ0v) is 23.9. The normalized spacial score (nSPS) is 12.9. The van der Waals surface area contributed by atoms with Gasteiger partial charge in [0, 0.05) is 23.5 Å². The molecule has 5 nitrogen and oxygen atoms in total. The smallest absolute Gasteiger partial charge is 0.197 e. The molecule has 0 fully saturated rings. The average Bonchev–Trinajstić information content (AvgIpc) is 3.32. The first-order valence-corrected chi connectivity index (χ1v) is 14.8. The maximum absolute atomic E-state index is 13.2. The van der Waals surface area contributed by atoms with Crippen molar-refractivity contribution in [1.82, 2.24) is 9.97 Å². The number of carbonyl (C=O) groups is 2. The summed E-state index contributed by atoms with van der Waals surface area (Å²) in [4.78, 5) is 37.9. The molecular formula is C40H23N3O2. The lowest BCUT2D eigenvalue weighted by atomic mass is 9.88. The highest BCUT2D eigenvalue weighted by molar-refractivity contribution is 6.41. The number of allylic oxidation sites excluding steroid dienone is 1. The number of hydrogen-bond acceptors (Lipinski definition) is 5. The van der Waals surface area contributed by atoms with Crippen molar-refractivity contribution in [2.24, 2.45) is 0 Å². The van der Waals surface area contributed by atoms with Crippen LogP contribution in [0.2, 0.25) is 0 Å². The van der Waals surface area contributed by atoms with Gasteiger partial charge in [0.15, 0.2) is 11.6 Å². The molecule has 2 aromatic heterocycles. The van der Waals surface area contributed by atoms with Crippen LogP contribution in [0.1, 0.15) is 26.3 Å². The lowest BCUT2D eigenvalue weighted by Gasteiger charge is -2.24. The predicted molar refractivity (Wildman–Crippen MR) is 181 cm³/mol. The molecule has 0 saturated carbocycles. The first-order chi connectivity index (χ1) is 22.2. The summed E-state index contributed by atoms with van der Waals surface area (Å²) < 4.78 is 0. The molecule has 2 heterocycles. The van der Waals surface area contributed by atoms with Crippen molar-refractivity contribution in [2.45, 2.75) is 0 Å². The molecule has 1 aliphatic rings. The van der Waals surface area contributed by atoms with Crippen LogP contribution in [0.4, 0.5) is 17.3 Å². The molecule has 0 bridgehead atoms. The summed E-state index contributed by atoms with van der Waals surface area (Å²) in [5.74, 6) is 1.13. The zero-order valence-electron chi connectivity index (χ0n) is 23.9. The Bertz CT molecular complexity index is 2440. The molecule has 9 rings (SSSR count). The molecule has 1 aliphatic carbocycles. The van der Waals surface area contributed by atoms with Crippen LogP contribution < -0.4 is 4.90 Å². The Labute approximate surface area is 258 Å². The molecule has 0 spiro atoms. The minimum Gasteiger partial charge on any atom is -0.288 e. The Morgan fingerprint density at radius 3 is 1.64 bits per heavy atom. The number of ketones is 2. The minimum atomic E-state index is -0.219. The summed E-state index contributed by atoms with van der Waals surface area (Å²) in [5.41, 5.74) is 2.94. The topological polar surface area (TPSA) is 63.2 Å². The SMILES string of the molecule is O=C1C(=Cc2cc3cccc4c5cc(N(c6ccccn6)c6ccccn6)cc6cccc(c(c2)c34)c65)C(=O)c2ccccc21. The Balaban J connectivity index is 1.30. The van der Waals surface area contributed by atoms with Gasteiger partial charge in [-0.25, -0.2) is 9.97 Å². The van der Waals surface area contributed by atoms with E-state index in [0.29, 0.717) is 11.1 Å². The number of Topliss-reactive ketones (excluding diaryl/α,β-unsaturated/α-hetero) is 2. The van der Waals surface area contributed by atoms with Crippen LogP contribution in [0.3, 0.4) is 0 Å². The second-order valence-electron chi connectivity index (χ2n) is 11.3. The summed E-state index contributed by atoms with van der Waals surface area (Å²) in [6.45, 7) is 0. The van der Waals surface area contributed by atoms with Crippen LogP contribution in [0, 0.1) is 0 Å². The van der Waals surface area contributed by atoms with Gasteiger partial charge in [-0.1, -0.05) is 72.8 Å². The van der Waals surface area contributed by atoms with Crippen molar-refractivity contribution >= 4 is 78.1 Å². The van der Waals surface area contributed by atoms with Crippen LogP contribution in [-0.2, 0) is 0 Å². The Morgan fingerprint density at radius 1 is 0.511 bits per heavy atom. The molecule has 0 unspecified atom stereocenters. The van der Waals surface area contributed by atoms with Gasteiger partial charge in [-0.3, -0.25) is 14.5 Å². The Hall–Kier alpha value is -6.20. The van der Waals surface area contributed by atoms with E-state index in [2.05, 4.69) is 75.5 Å². The summed E-state index contributed by atoms with van der Waals surface area (Å²) in [7, 11) is 0. The number of carbonyl (C=O) groups excluding carboxylic acids is 2. The third-order valence-corrected chi connectivity index (χ3v) is 8.77. The van der Waals surface area contributed by atoms with Crippen molar-refractivity contribution in [2.75, 3.05) is 4.90 Å². The maximum Gasteiger partial charge on any atom is 0.197 e. The van der Waals surface area contributed by atoms with Gasteiger partial charge in [-0.05, 0) is 103 Å². The first-order valence-electron chi connectivity index (χ1n) is 14.8. The number of pyridine rings is 2. The van der Waals surface area contributed by atoms with E-state index in [1.165, 1.54) is 0 Å². The molecule has 210 valence electrons. The van der Waals surface area contributed by atoms with Gasteiger partial charge in [0.1, 0.15) is 11.6 Å². The van der Waals surface area contributed by atoms with E-state index < -0.39 is 0 Å². The molecule has 0 radical (unpaired) electrons. The summed E-state index contributed by atoms with van der Waals surface area (Å²) in [6.07, 6.45) is 5.34. The second kappa shape index (κ2) is 9.66. The van der Waals surface area contributed by atoms with Gasteiger partial charge in [0.2, 0.25) is 0 Å². The monoisotopic (exact) mass is 577 g/mol. The van der Waals surface area contributed by atoms with Crippen molar-refractivity contribution < 1.29 is 9.59 Å². The molecule has 0 N–H and O–H groups in total. The third kappa shape index (κ3) is 3.81. The van der Waals surface area contributed by atoms with Gasteiger partial charge in [0.25, 0.3) is 0 Å². The molecule has 0 aliphatic heterocycles. The van der Waals surface area contributed by atoms with Crippen molar-refractivity contribution in [3.8, 4) is 0 Å². The molecule has 0 amide bonds. The highest BCUT2D eigenvalue weighted by Gasteiger charge is 2.32. The van der Waals surface area contributed by atoms with Crippen molar-refractivity contribution in [3.05, 3.63) is 156 Å². The first kappa shape index (κ1) is 25.3. The number of hydrogen-bond donors (Lipinski definition) is 0. The van der Waals surface area contributed by atoms with Gasteiger partial charge in [0.05, 0.1) is 11.3 Å². The quantitative estimate of drug-likeness (QED) is 0.0902. The van der Waals surface area contributed by atoms with Crippen LogP contribution >= 0.6 is 0 Å². The molecule has 6 aromatic carbocycles. The van der Waals surface area contributed by atoms with Crippen LogP contribution in [0.5, 0.6) is 0 Å². The molecule has 8 aromatic rings. The van der Waals surface area contributed by atoms with Crippen molar-refractivity contribution in [3.63, 3.8) is 0 Å². The fourth-order valence-electron chi connectivity index (χ4n) is 6.87. The summed E-state index contributed by atoms with van der Waals surface area (Å²) in [6, 6.07) is 40.1. The van der Waals surface area contributed by atoms with E-state index in [-0.39, 0.29) is 17.1 Å². The number of rotatable bonds is 4. The molecular weight excluding hydrogens is 554 g/mol. The average molecular weight is 578 g/mol. The van der Waals surface area contributed by atoms with Gasteiger partial charge < -0.3 is 0 Å². The maximum atomic E-state index is 13.2. The lowest BCUT2D eigenvalue weighted by Crippen LogP contribution is -2.12. The Kier molecular flexibility index (Phi) is 5.43. The van der Waals surface area contributed by atoms with E-state index in [4.69, 9.17) is 0 Å². The fourth-order valence-corrected chi connectivity index (χ4v) is 6.87. The van der Waals surface area contributed by atoms with E-state index in [1.54, 1.807) is 42.7 Å². The zero-order chi connectivity index (χ0) is 30.1. The summed E-state index contributed by atoms with van der Waals surface area (Å²) >= 11 is 0. The molecule has 45 heavy (non-hydrogen) atoms.